The molecule has 0 amide bonds. The van der Waals surface area contributed by atoms with E-state index in [4.69, 9.17) is 24.8 Å². The molecular formula is C37H64NO10P. The van der Waals surface area contributed by atoms with Crippen LogP contribution in [0.15, 0.2) is 48.6 Å². The number of carbonyl (C=O) groups excluding carboxylic acids is 2. The molecule has 11 nitrogen and oxygen atoms in total. The Labute approximate surface area is 295 Å². The van der Waals surface area contributed by atoms with E-state index in [0.29, 0.717) is 12.8 Å². The summed E-state index contributed by atoms with van der Waals surface area (Å²) in [6.07, 6.45) is 34.0. The summed E-state index contributed by atoms with van der Waals surface area (Å²) in [6, 6.07) is -1.52. The van der Waals surface area contributed by atoms with Gasteiger partial charge in [-0.2, -0.15) is 0 Å². The van der Waals surface area contributed by atoms with Gasteiger partial charge < -0.3 is 25.2 Å². The predicted molar refractivity (Wildman–Crippen MR) is 194 cm³/mol. The molecule has 0 radical (unpaired) electrons. The molecule has 0 aromatic rings. The first kappa shape index (κ1) is 46.4. The van der Waals surface area contributed by atoms with Gasteiger partial charge in [-0.1, -0.05) is 120 Å². The Morgan fingerprint density at radius 1 is 0.653 bits per heavy atom. The van der Waals surface area contributed by atoms with Crippen molar-refractivity contribution in [3.63, 3.8) is 0 Å². The zero-order valence-corrected chi connectivity index (χ0v) is 30.9. The van der Waals surface area contributed by atoms with E-state index in [1.54, 1.807) is 0 Å². The van der Waals surface area contributed by atoms with E-state index in [1.807, 2.05) is 0 Å². The summed E-state index contributed by atoms with van der Waals surface area (Å²) in [4.78, 5) is 45.3. The fraction of sp³-hybridized carbons (Fsp3) is 0.703. The molecule has 0 spiro atoms. The van der Waals surface area contributed by atoms with E-state index in [0.717, 1.165) is 77.0 Å². The molecule has 12 heteroatoms. The second kappa shape index (κ2) is 32.6. The third-order valence-corrected chi connectivity index (χ3v) is 8.29. The summed E-state index contributed by atoms with van der Waals surface area (Å²) in [5.41, 5.74) is 5.29. The maximum atomic E-state index is 12.5. The van der Waals surface area contributed by atoms with Crippen LogP contribution in [0.4, 0.5) is 0 Å². The number of phosphoric ester groups is 1. The molecule has 282 valence electrons. The highest BCUT2D eigenvalue weighted by atomic mass is 31.2. The first-order valence-corrected chi connectivity index (χ1v) is 19.7. The van der Waals surface area contributed by atoms with Crippen molar-refractivity contribution in [3.8, 4) is 0 Å². The fourth-order valence-corrected chi connectivity index (χ4v) is 5.24. The van der Waals surface area contributed by atoms with Gasteiger partial charge in [0.2, 0.25) is 0 Å². The van der Waals surface area contributed by atoms with Crippen molar-refractivity contribution < 1.29 is 47.5 Å². The molecule has 49 heavy (non-hydrogen) atoms. The average molecular weight is 714 g/mol. The molecule has 3 atom stereocenters. The van der Waals surface area contributed by atoms with E-state index >= 15 is 0 Å². The summed E-state index contributed by atoms with van der Waals surface area (Å²) in [5.74, 6) is -2.42. The highest BCUT2D eigenvalue weighted by molar-refractivity contribution is 7.47. The van der Waals surface area contributed by atoms with Gasteiger partial charge in [-0.05, 0) is 51.4 Å². The van der Waals surface area contributed by atoms with Gasteiger partial charge in [0.05, 0.1) is 13.2 Å². The molecule has 0 aromatic carbocycles. The zero-order valence-electron chi connectivity index (χ0n) is 30.0. The number of carboxylic acid groups (broad SMARTS) is 1. The molecule has 0 bridgehead atoms. The zero-order chi connectivity index (χ0) is 36.4. The molecule has 0 saturated carbocycles. The Morgan fingerprint density at radius 2 is 1.14 bits per heavy atom. The predicted octanol–water partition coefficient (Wildman–Crippen LogP) is 8.66. The highest BCUT2D eigenvalue weighted by Gasteiger charge is 2.28. The molecular weight excluding hydrogens is 649 g/mol. The van der Waals surface area contributed by atoms with E-state index in [-0.39, 0.29) is 19.4 Å². The van der Waals surface area contributed by atoms with Crippen molar-refractivity contribution in [1.82, 2.24) is 0 Å². The number of allylic oxidation sites excluding steroid dienone is 8. The van der Waals surface area contributed by atoms with Crippen LogP contribution in [0.5, 0.6) is 0 Å². The lowest BCUT2D eigenvalue weighted by atomic mass is 10.1. The molecule has 0 aliphatic rings. The number of ether oxygens (including phenoxy) is 2. The van der Waals surface area contributed by atoms with Crippen LogP contribution in [-0.2, 0) is 37.5 Å². The number of nitrogens with two attached hydrogens (primary N) is 1. The van der Waals surface area contributed by atoms with Gasteiger partial charge in [0.15, 0.2) is 6.10 Å². The number of unbranched alkanes of at least 4 members (excludes halogenated alkanes) is 11. The van der Waals surface area contributed by atoms with E-state index in [2.05, 4.69) is 67.0 Å². The average Bonchev–Trinajstić information content (AvgIpc) is 3.07. The van der Waals surface area contributed by atoms with E-state index < -0.39 is 51.1 Å². The number of aliphatic carboxylic acids is 1. The lowest BCUT2D eigenvalue weighted by Gasteiger charge is -2.20. The monoisotopic (exact) mass is 713 g/mol. The van der Waals surface area contributed by atoms with Crippen molar-refractivity contribution in [2.24, 2.45) is 5.73 Å². The first-order chi connectivity index (χ1) is 23.6. The number of phosphoric acid groups is 1. The standard InChI is InChI=1S/C37H64NO10P/c1-3-5-7-9-10-11-12-13-14-15-16-17-18-19-20-21-22-23-24-25-27-29-36(40)48-33(30-45-35(39)28-26-8-6-4-2)31-46-49(43,44)47-32-34(38)37(41)42/h5,7,10-11,13-14,16-17,33-34H,3-4,6,8-9,12,15,18-32,38H2,1-2H3,(H,41,42)(H,43,44)/b7-5-,11-10-,14-13-,17-16-. The Bertz CT molecular complexity index is 1030. The van der Waals surface area contributed by atoms with Crippen molar-refractivity contribution in [3.05, 3.63) is 48.6 Å². The van der Waals surface area contributed by atoms with Gasteiger partial charge in [0.25, 0.3) is 0 Å². The first-order valence-electron chi connectivity index (χ1n) is 18.2. The maximum absolute atomic E-state index is 12.5. The topological polar surface area (TPSA) is 172 Å². The molecule has 0 rings (SSSR count). The summed E-state index contributed by atoms with van der Waals surface area (Å²) in [5, 5.41) is 8.81. The SMILES string of the molecule is CC/C=C\C/C=C\C/C=C\C/C=C\CCCCCCCCCCC(=O)OC(COC(=O)CCCCCC)COP(=O)(O)OCC(N)C(=O)O. The van der Waals surface area contributed by atoms with Gasteiger partial charge in [-0.3, -0.25) is 23.4 Å². The van der Waals surface area contributed by atoms with Crippen molar-refractivity contribution >= 4 is 25.7 Å². The summed E-state index contributed by atoms with van der Waals surface area (Å²) in [6.45, 7) is 2.50. The normalized spacial score (nSPS) is 14.5. The van der Waals surface area contributed by atoms with Gasteiger partial charge in [-0.25, -0.2) is 4.57 Å². The van der Waals surface area contributed by atoms with Crippen LogP contribution in [-0.4, -0.2) is 59.9 Å². The summed E-state index contributed by atoms with van der Waals surface area (Å²) in [7, 11) is -4.70. The third-order valence-electron chi connectivity index (χ3n) is 7.34. The summed E-state index contributed by atoms with van der Waals surface area (Å²) >= 11 is 0. The molecule has 0 aromatic heterocycles. The fourth-order valence-electron chi connectivity index (χ4n) is 4.47. The minimum Gasteiger partial charge on any atom is -0.480 e. The molecule has 0 heterocycles. The lowest BCUT2D eigenvalue weighted by molar-refractivity contribution is -0.161. The molecule has 4 N–H and O–H groups in total. The van der Waals surface area contributed by atoms with Crippen LogP contribution in [0, 0.1) is 0 Å². The number of esters is 2. The number of carbonyl (C=O) groups is 3. The minimum atomic E-state index is -4.70. The van der Waals surface area contributed by atoms with Gasteiger partial charge in [-0.15, -0.1) is 0 Å². The van der Waals surface area contributed by atoms with Crippen LogP contribution in [0.3, 0.4) is 0 Å². The molecule has 3 unspecified atom stereocenters. The highest BCUT2D eigenvalue weighted by Crippen LogP contribution is 2.43. The number of carboxylic acids is 1. The number of hydrogen-bond donors (Lipinski definition) is 3. The van der Waals surface area contributed by atoms with Crippen LogP contribution in [0.25, 0.3) is 0 Å². The van der Waals surface area contributed by atoms with Crippen LogP contribution in [0.1, 0.15) is 136 Å². The van der Waals surface area contributed by atoms with Gasteiger partial charge >= 0.3 is 25.7 Å². The second-order valence-electron chi connectivity index (χ2n) is 12.0. The Balaban J connectivity index is 4.23. The maximum Gasteiger partial charge on any atom is 0.472 e. The Kier molecular flexibility index (Phi) is 30.9. The van der Waals surface area contributed by atoms with Crippen LogP contribution in [0.2, 0.25) is 0 Å². The van der Waals surface area contributed by atoms with E-state index in [9.17, 15) is 23.8 Å². The lowest BCUT2D eigenvalue weighted by Crippen LogP contribution is -2.34. The largest absolute Gasteiger partial charge is 0.480 e. The molecule has 0 saturated heterocycles. The van der Waals surface area contributed by atoms with Crippen LogP contribution >= 0.6 is 7.82 Å². The summed E-state index contributed by atoms with van der Waals surface area (Å²) < 4.78 is 32.2. The van der Waals surface area contributed by atoms with Crippen molar-refractivity contribution in [2.75, 3.05) is 19.8 Å². The molecule has 0 aliphatic heterocycles. The smallest absolute Gasteiger partial charge is 0.472 e. The Hall–Kier alpha value is -2.56. The second-order valence-corrected chi connectivity index (χ2v) is 13.4. The van der Waals surface area contributed by atoms with Gasteiger partial charge in [0.1, 0.15) is 12.6 Å². The number of hydrogen-bond acceptors (Lipinski definition) is 9. The molecule has 0 fully saturated rings. The third kappa shape index (κ3) is 32.4. The minimum absolute atomic E-state index is 0.150. The molecule has 0 aliphatic carbocycles. The quantitative estimate of drug-likeness (QED) is 0.0257. The van der Waals surface area contributed by atoms with Crippen LogP contribution < -0.4 is 5.73 Å². The van der Waals surface area contributed by atoms with Crippen molar-refractivity contribution in [2.45, 2.75) is 148 Å². The van der Waals surface area contributed by atoms with Crippen molar-refractivity contribution in [1.29, 1.82) is 0 Å². The number of rotatable bonds is 33. The van der Waals surface area contributed by atoms with Gasteiger partial charge in [0, 0.05) is 12.8 Å². The van der Waals surface area contributed by atoms with E-state index in [1.165, 1.54) is 19.3 Å². The Morgan fingerprint density at radius 3 is 1.71 bits per heavy atom.